The van der Waals surface area contributed by atoms with Gasteiger partial charge in [0.15, 0.2) is 0 Å². The van der Waals surface area contributed by atoms with Gasteiger partial charge in [-0.15, -0.1) is 0 Å². The van der Waals surface area contributed by atoms with Crippen molar-refractivity contribution in [3.05, 3.63) is 23.8 Å². The first-order chi connectivity index (χ1) is 9.15. The molecule has 0 spiro atoms. The van der Waals surface area contributed by atoms with Crippen LogP contribution in [0, 0.1) is 5.92 Å². The molecule has 0 bridgehead atoms. The highest BCUT2D eigenvalue weighted by Gasteiger charge is 2.24. The summed E-state index contributed by atoms with van der Waals surface area (Å²) in [6.45, 7) is 1.53. The highest BCUT2D eigenvalue weighted by molar-refractivity contribution is 5.99. The zero-order valence-corrected chi connectivity index (χ0v) is 11.1. The Bertz CT molecular complexity index is 454. The molecule has 0 saturated carbocycles. The lowest BCUT2D eigenvalue weighted by molar-refractivity contribution is 0.0651. The van der Waals surface area contributed by atoms with E-state index in [-0.39, 0.29) is 12.5 Å². The molecule has 0 atom stereocenters. The first-order valence-corrected chi connectivity index (χ1v) is 6.49. The van der Waals surface area contributed by atoms with Crippen LogP contribution in [0.4, 0.5) is 5.69 Å². The summed E-state index contributed by atoms with van der Waals surface area (Å²) in [7, 11) is 1.56. The standard InChI is InChI=1S/C14H20N2O3/c1-19-11-2-3-13(15)12(8-11)14(18)16-6-4-10(9-17)5-7-16/h2-3,8,10,17H,4-7,9,15H2,1H3. The molecule has 5 heteroatoms. The molecule has 1 fully saturated rings. The smallest absolute Gasteiger partial charge is 0.256 e. The molecule has 0 aliphatic carbocycles. The van der Waals surface area contributed by atoms with Gasteiger partial charge in [0, 0.05) is 25.4 Å². The number of amides is 1. The number of hydrogen-bond donors (Lipinski definition) is 2. The number of methoxy groups -OCH3 is 1. The predicted octanol–water partition coefficient (Wildman–Crippen LogP) is 1.12. The Morgan fingerprint density at radius 1 is 1.47 bits per heavy atom. The van der Waals surface area contributed by atoms with E-state index in [1.165, 1.54) is 0 Å². The van der Waals surface area contributed by atoms with Gasteiger partial charge >= 0.3 is 0 Å². The van der Waals surface area contributed by atoms with E-state index >= 15 is 0 Å². The minimum Gasteiger partial charge on any atom is -0.497 e. The number of carbonyl (C=O) groups excluding carboxylic acids is 1. The van der Waals surface area contributed by atoms with Crippen molar-refractivity contribution in [3.8, 4) is 5.75 Å². The molecule has 104 valence electrons. The van der Waals surface area contributed by atoms with Crippen LogP contribution in [0.3, 0.4) is 0 Å². The Morgan fingerprint density at radius 2 is 2.16 bits per heavy atom. The van der Waals surface area contributed by atoms with Gasteiger partial charge in [-0.3, -0.25) is 4.79 Å². The van der Waals surface area contributed by atoms with Crippen LogP contribution < -0.4 is 10.5 Å². The molecule has 2 rings (SSSR count). The van der Waals surface area contributed by atoms with E-state index in [2.05, 4.69) is 0 Å². The van der Waals surface area contributed by atoms with E-state index in [0.29, 0.717) is 36.0 Å². The van der Waals surface area contributed by atoms with Crippen molar-refractivity contribution >= 4 is 11.6 Å². The quantitative estimate of drug-likeness (QED) is 0.802. The molecular weight excluding hydrogens is 244 g/mol. The van der Waals surface area contributed by atoms with Crippen molar-refractivity contribution in [2.75, 3.05) is 32.5 Å². The minimum atomic E-state index is -0.0622. The average molecular weight is 264 g/mol. The van der Waals surface area contributed by atoms with E-state index in [0.717, 1.165) is 12.8 Å². The molecule has 1 heterocycles. The van der Waals surface area contributed by atoms with E-state index in [4.69, 9.17) is 15.6 Å². The van der Waals surface area contributed by atoms with Gasteiger partial charge in [0.2, 0.25) is 0 Å². The first-order valence-electron chi connectivity index (χ1n) is 6.49. The lowest BCUT2D eigenvalue weighted by atomic mass is 9.97. The molecule has 0 radical (unpaired) electrons. The zero-order valence-electron chi connectivity index (χ0n) is 11.1. The Balaban J connectivity index is 2.11. The van der Waals surface area contributed by atoms with Gasteiger partial charge < -0.3 is 20.5 Å². The number of piperidine rings is 1. The van der Waals surface area contributed by atoms with Crippen molar-refractivity contribution in [2.45, 2.75) is 12.8 Å². The number of nitrogens with two attached hydrogens (primary N) is 1. The van der Waals surface area contributed by atoms with E-state index in [1.54, 1.807) is 30.2 Å². The molecule has 19 heavy (non-hydrogen) atoms. The fraction of sp³-hybridized carbons (Fsp3) is 0.500. The lowest BCUT2D eigenvalue weighted by Gasteiger charge is -2.31. The summed E-state index contributed by atoms with van der Waals surface area (Å²) in [5.41, 5.74) is 6.82. The number of rotatable bonds is 3. The SMILES string of the molecule is COc1ccc(N)c(C(=O)N2CCC(CO)CC2)c1. The lowest BCUT2D eigenvalue weighted by Crippen LogP contribution is -2.39. The second kappa shape index (κ2) is 5.93. The summed E-state index contributed by atoms with van der Waals surface area (Å²) in [5.74, 6) is 0.877. The molecule has 1 aromatic rings. The highest BCUT2D eigenvalue weighted by atomic mass is 16.5. The van der Waals surface area contributed by atoms with Crippen molar-refractivity contribution in [1.82, 2.24) is 4.90 Å². The van der Waals surface area contributed by atoms with Gasteiger partial charge in [-0.1, -0.05) is 0 Å². The van der Waals surface area contributed by atoms with E-state index < -0.39 is 0 Å². The largest absolute Gasteiger partial charge is 0.497 e. The molecule has 1 amide bonds. The number of carbonyl (C=O) groups is 1. The summed E-state index contributed by atoms with van der Waals surface area (Å²) in [6.07, 6.45) is 1.68. The number of nitrogens with zero attached hydrogens (tertiary/aromatic N) is 1. The number of hydrogen-bond acceptors (Lipinski definition) is 4. The van der Waals surface area contributed by atoms with Crippen LogP contribution in [0.1, 0.15) is 23.2 Å². The normalized spacial score (nSPS) is 16.4. The fourth-order valence-corrected chi connectivity index (χ4v) is 2.34. The van der Waals surface area contributed by atoms with Crippen molar-refractivity contribution < 1.29 is 14.6 Å². The molecule has 1 aliphatic heterocycles. The van der Waals surface area contributed by atoms with Gasteiger partial charge in [0.25, 0.3) is 5.91 Å². The van der Waals surface area contributed by atoms with Crippen LogP contribution in [0.2, 0.25) is 0 Å². The van der Waals surface area contributed by atoms with Crippen LogP contribution in [0.25, 0.3) is 0 Å². The Hall–Kier alpha value is -1.75. The summed E-state index contributed by atoms with van der Waals surface area (Å²) < 4.78 is 5.12. The maximum Gasteiger partial charge on any atom is 0.256 e. The Morgan fingerprint density at radius 3 is 2.74 bits per heavy atom. The second-order valence-corrected chi connectivity index (χ2v) is 4.87. The van der Waals surface area contributed by atoms with Gasteiger partial charge in [-0.2, -0.15) is 0 Å². The third-order valence-corrected chi connectivity index (χ3v) is 3.65. The number of aliphatic hydroxyl groups is 1. The number of aliphatic hydroxyl groups excluding tert-OH is 1. The topological polar surface area (TPSA) is 75.8 Å². The van der Waals surface area contributed by atoms with Crippen LogP contribution in [0.5, 0.6) is 5.75 Å². The molecule has 0 unspecified atom stereocenters. The van der Waals surface area contributed by atoms with Gasteiger partial charge in [-0.05, 0) is 37.0 Å². The van der Waals surface area contributed by atoms with Gasteiger partial charge in [0.1, 0.15) is 5.75 Å². The third kappa shape index (κ3) is 2.98. The van der Waals surface area contributed by atoms with Crippen LogP contribution >= 0.6 is 0 Å². The van der Waals surface area contributed by atoms with Crippen molar-refractivity contribution in [3.63, 3.8) is 0 Å². The molecule has 5 nitrogen and oxygen atoms in total. The maximum absolute atomic E-state index is 12.4. The Labute approximate surface area is 113 Å². The number of likely N-dealkylation sites (tertiary alicyclic amines) is 1. The fourth-order valence-electron chi connectivity index (χ4n) is 2.34. The minimum absolute atomic E-state index is 0.0622. The van der Waals surface area contributed by atoms with Crippen LogP contribution in [0.15, 0.2) is 18.2 Å². The number of anilines is 1. The predicted molar refractivity (Wildman–Crippen MR) is 73.1 cm³/mol. The molecule has 1 aliphatic rings. The molecular formula is C14H20N2O3. The van der Waals surface area contributed by atoms with Crippen molar-refractivity contribution in [1.29, 1.82) is 0 Å². The monoisotopic (exact) mass is 264 g/mol. The molecule has 3 N–H and O–H groups in total. The first kappa shape index (κ1) is 13.7. The third-order valence-electron chi connectivity index (χ3n) is 3.65. The zero-order chi connectivity index (χ0) is 13.8. The van der Waals surface area contributed by atoms with Crippen molar-refractivity contribution in [2.24, 2.45) is 5.92 Å². The average Bonchev–Trinajstić information content (AvgIpc) is 2.47. The van der Waals surface area contributed by atoms with Crippen LogP contribution in [-0.4, -0.2) is 42.7 Å². The number of benzene rings is 1. The molecule has 1 saturated heterocycles. The van der Waals surface area contributed by atoms with Crippen LogP contribution in [-0.2, 0) is 0 Å². The number of nitrogen functional groups attached to an aromatic ring is 1. The summed E-state index contributed by atoms with van der Waals surface area (Å²) in [4.78, 5) is 14.2. The summed E-state index contributed by atoms with van der Waals surface area (Å²) in [6, 6.07) is 5.10. The Kier molecular flexibility index (Phi) is 4.27. The summed E-state index contributed by atoms with van der Waals surface area (Å²) in [5, 5.41) is 9.11. The van der Waals surface area contributed by atoms with E-state index in [9.17, 15) is 4.79 Å². The molecule has 0 aromatic heterocycles. The van der Waals surface area contributed by atoms with Gasteiger partial charge in [0.05, 0.1) is 12.7 Å². The van der Waals surface area contributed by atoms with E-state index in [1.807, 2.05) is 0 Å². The maximum atomic E-state index is 12.4. The summed E-state index contributed by atoms with van der Waals surface area (Å²) >= 11 is 0. The number of ether oxygens (including phenoxy) is 1. The highest BCUT2D eigenvalue weighted by Crippen LogP contribution is 2.24. The van der Waals surface area contributed by atoms with Gasteiger partial charge in [-0.25, -0.2) is 0 Å². The second-order valence-electron chi connectivity index (χ2n) is 4.87. The molecule has 1 aromatic carbocycles.